The van der Waals surface area contributed by atoms with Crippen LogP contribution in [0.2, 0.25) is 0 Å². The van der Waals surface area contributed by atoms with E-state index in [1.165, 1.54) is 6.92 Å². The molecule has 2 aromatic carbocycles. The molecule has 0 bridgehead atoms. The van der Waals surface area contributed by atoms with Gasteiger partial charge in [-0.3, -0.25) is 9.78 Å². The maximum absolute atomic E-state index is 11.5. The molecule has 0 amide bonds. The molecule has 1 saturated heterocycles. The summed E-state index contributed by atoms with van der Waals surface area (Å²) in [5.74, 6) is -0.524. The van der Waals surface area contributed by atoms with Gasteiger partial charge in [-0.05, 0) is 46.7 Å². The number of hydrogen-bond acceptors (Lipinski definition) is 7. The molecule has 5 atom stereocenters. The second-order valence-corrected chi connectivity index (χ2v) is 8.23. The van der Waals surface area contributed by atoms with E-state index in [-0.39, 0.29) is 6.42 Å². The first-order valence-corrected chi connectivity index (χ1v) is 10.6. The minimum absolute atomic E-state index is 0.0790. The van der Waals surface area contributed by atoms with Gasteiger partial charge in [0, 0.05) is 31.1 Å². The van der Waals surface area contributed by atoms with E-state index in [1.54, 1.807) is 6.20 Å². The van der Waals surface area contributed by atoms with E-state index >= 15 is 0 Å². The molecular formula is C25H27NO6. The maximum Gasteiger partial charge on any atom is 0.302 e. The number of nitrogens with zero attached hydrogens (tertiary/aromatic N) is 1. The molecule has 1 aromatic heterocycles. The minimum atomic E-state index is -1.10. The number of aliphatic hydroxyl groups is 3. The molecule has 1 aliphatic heterocycles. The quantitative estimate of drug-likeness (QED) is 0.527. The topological polar surface area (TPSA) is 109 Å². The lowest BCUT2D eigenvalue weighted by atomic mass is 9.89. The lowest BCUT2D eigenvalue weighted by molar-refractivity contribution is -0.219. The molecule has 2 unspecified atom stereocenters. The highest BCUT2D eigenvalue weighted by atomic mass is 16.6. The Balaban J connectivity index is 1.62. The summed E-state index contributed by atoms with van der Waals surface area (Å²) in [4.78, 5) is 15.7. The summed E-state index contributed by atoms with van der Waals surface area (Å²) in [7, 11) is 0. The van der Waals surface area contributed by atoms with Gasteiger partial charge in [0.2, 0.25) is 0 Å². The van der Waals surface area contributed by atoms with Gasteiger partial charge >= 0.3 is 5.97 Å². The van der Waals surface area contributed by atoms with Crippen molar-refractivity contribution in [3.63, 3.8) is 0 Å². The Kier molecular flexibility index (Phi) is 6.53. The fourth-order valence-corrected chi connectivity index (χ4v) is 4.30. The Morgan fingerprint density at radius 2 is 1.94 bits per heavy atom. The van der Waals surface area contributed by atoms with E-state index < -0.39 is 43.1 Å². The maximum atomic E-state index is 11.5. The van der Waals surface area contributed by atoms with Crippen LogP contribution in [-0.4, -0.2) is 57.3 Å². The normalized spacial score (nSPS) is 24.3. The van der Waals surface area contributed by atoms with Crippen LogP contribution in [0.15, 0.2) is 54.9 Å². The van der Waals surface area contributed by atoms with Crippen LogP contribution in [0.25, 0.3) is 21.9 Å². The molecule has 1 aliphatic rings. The molecule has 168 valence electrons. The number of carbonyl (C=O) groups excluding carboxylic acids is 1. The lowest BCUT2D eigenvalue weighted by Gasteiger charge is -2.40. The molecule has 0 spiro atoms. The average Bonchev–Trinajstić information content (AvgIpc) is 2.78. The Hall–Kier alpha value is -2.84. The smallest absolute Gasteiger partial charge is 0.302 e. The van der Waals surface area contributed by atoms with Crippen molar-refractivity contribution in [1.82, 2.24) is 4.98 Å². The summed E-state index contributed by atoms with van der Waals surface area (Å²) in [5.41, 5.74) is 3.53. The largest absolute Gasteiger partial charge is 0.460 e. The first-order valence-electron chi connectivity index (χ1n) is 10.6. The SMILES string of the molecule is CC(=O)OC1C[C@H](O)C(CO)O[C@@H]1[C@H](O)c1ccc(-c2ccc3cnccc3c2)cc1C. The molecule has 0 saturated carbocycles. The molecule has 0 radical (unpaired) electrons. The lowest BCUT2D eigenvalue weighted by Crippen LogP contribution is -2.52. The van der Waals surface area contributed by atoms with Gasteiger partial charge in [-0.2, -0.15) is 0 Å². The summed E-state index contributed by atoms with van der Waals surface area (Å²) < 4.78 is 11.1. The van der Waals surface area contributed by atoms with Crippen molar-refractivity contribution in [2.24, 2.45) is 0 Å². The van der Waals surface area contributed by atoms with Gasteiger partial charge in [0.1, 0.15) is 24.4 Å². The molecule has 3 N–H and O–H groups in total. The Bertz CT molecular complexity index is 1120. The van der Waals surface area contributed by atoms with Gasteiger partial charge in [-0.25, -0.2) is 0 Å². The molecule has 7 nitrogen and oxygen atoms in total. The summed E-state index contributed by atoms with van der Waals surface area (Å²) in [6.07, 6.45) is -1.01. The van der Waals surface area contributed by atoms with Gasteiger partial charge in [0.25, 0.3) is 0 Å². The predicted molar refractivity (Wildman–Crippen MR) is 119 cm³/mol. The molecule has 3 aromatic rings. The van der Waals surface area contributed by atoms with E-state index in [0.29, 0.717) is 5.56 Å². The Labute approximate surface area is 186 Å². The highest BCUT2D eigenvalue weighted by Gasteiger charge is 2.43. The zero-order valence-electron chi connectivity index (χ0n) is 18.0. The first kappa shape index (κ1) is 22.4. The fourth-order valence-electron chi connectivity index (χ4n) is 4.30. The van der Waals surface area contributed by atoms with Crippen LogP contribution in [0.1, 0.15) is 30.6 Å². The van der Waals surface area contributed by atoms with E-state index in [4.69, 9.17) is 9.47 Å². The number of esters is 1. The number of pyridine rings is 1. The number of carbonyl (C=O) groups is 1. The number of ether oxygens (including phenoxy) is 2. The zero-order valence-corrected chi connectivity index (χ0v) is 18.0. The Morgan fingerprint density at radius 1 is 1.19 bits per heavy atom. The van der Waals surface area contributed by atoms with Crippen molar-refractivity contribution in [2.75, 3.05) is 6.61 Å². The van der Waals surface area contributed by atoms with Crippen molar-refractivity contribution < 1.29 is 29.6 Å². The number of benzene rings is 2. The molecule has 32 heavy (non-hydrogen) atoms. The van der Waals surface area contributed by atoms with Gasteiger partial charge in [-0.1, -0.05) is 30.3 Å². The average molecular weight is 437 g/mol. The predicted octanol–water partition coefficient (Wildman–Crippen LogP) is 2.69. The van der Waals surface area contributed by atoms with Crippen molar-refractivity contribution >= 4 is 16.7 Å². The second kappa shape index (κ2) is 9.34. The molecule has 7 heteroatoms. The number of fused-ring (bicyclic) bond motifs is 1. The third kappa shape index (κ3) is 4.52. The van der Waals surface area contributed by atoms with Crippen LogP contribution in [-0.2, 0) is 14.3 Å². The van der Waals surface area contributed by atoms with Gasteiger partial charge in [0.15, 0.2) is 0 Å². The number of hydrogen-bond donors (Lipinski definition) is 3. The second-order valence-electron chi connectivity index (χ2n) is 8.23. The fraction of sp³-hybridized carbons (Fsp3) is 0.360. The van der Waals surface area contributed by atoms with Crippen molar-refractivity contribution in [2.45, 2.75) is 50.8 Å². The zero-order chi connectivity index (χ0) is 22.8. The van der Waals surface area contributed by atoms with Crippen LogP contribution in [0, 0.1) is 6.92 Å². The van der Waals surface area contributed by atoms with E-state index in [1.807, 2.05) is 49.5 Å². The monoisotopic (exact) mass is 437 g/mol. The Morgan fingerprint density at radius 3 is 2.66 bits per heavy atom. The molecular weight excluding hydrogens is 410 g/mol. The van der Waals surface area contributed by atoms with Crippen LogP contribution < -0.4 is 0 Å². The summed E-state index contributed by atoms with van der Waals surface area (Å²) >= 11 is 0. The minimum Gasteiger partial charge on any atom is -0.460 e. The number of aryl methyl sites for hydroxylation is 1. The highest BCUT2D eigenvalue weighted by molar-refractivity contribution is 5.86. The first-order chi connectivity index (χ1) is 15.4. The van der Waals surface area contributed by atoms with Gasteiger partial charge < -0.3 is 24.8 Å². The molecule has 1 fully saturated rings. The summed E-state index contributed by atoms with van der Waals surface area (Å²) in [6.45, 7) is 2.77. The third-order valence-electron chi connectivity index (χ3n) is 5.97. The van der Waals surface area contributed by atoms with Crippen LogP contribution in [0.4, 0.5) is 0 Å². The van der Waals surface area contributed by atoms with Crippen molar-refractivity contribution in [3.05, 3.63) is 66.0 Å². The van der Waals surface area contributed by atoms with Crippen LogP contribution in [0.3, 0.4) is 0 Å². The summed E-state index contributed by atoms with van der Waals surface area (Å²) in [5, 5.41) is 32.9. The standard InChI is InChI=1S/C25H27NO6/c1-14-9-16(17-3-4-19-12-26-8-7-18(19)10-17)5-6-20(14)24(30)25-22(31-15(2)28)11-21(29)23(13-27)32-25/h3-10,12,21-25,27,29-30H,11,13H2,1-2H3/t21-,22?,23?,24+,25-/m0/s1. The van der Waals surface area contributed by atoms with E-state index in [0.717, 1.165) is 27.5 Å². The van der Waals surface area contributed by atoms with Crippen LogP contribution >= 0.6 is 0 Å². The van der Waals surface area contributed by atoms with Gasteiger partial charge in [-0.15, -0.1) is 0 Å². The van der Waals surface area contributed by atoms with Crippen molar-refractivity contribution in [1.29, 1.82) is 0 Å². The van der Waals surface area contributed by atoms with Gasteiger partial charge in [0.05, 0.1) is 12.7 Å². The molecule has 0 aliphatic carbocycles. The molecule has 2 heterocycles. The van der Waals surface area contributed by atoms with Crippen LogP contribution in [0.5, 0.6) is 0 Å². The summed E-state index contributed by atoms with van der Waals surface area (Å²) in [6, 6.07) is 13.9. The van der Waals surface area contributed by atoms with E-state index in [9.17, 15) is 20.1 Å². The highest BCUT2D eigenvalue weighted by Crippen LogP contribution is 2.34. The third-order valence-corrected chi connectivity index (χ3v) is 5.97. The van der Waals surface area contributed by atoms with Crippen molar-refractivity contribution in [3.8, 4) is 11.1 Å². The molecule has 4 rings (SSSR count). The number of aromatic nitrogens is 1. The number of rotatable bonds is 5. The van der Waals surface area contributed by atoms with E-state index in [2.05, 4.69) is 11.1 Å². The number of aliphatic hydroxyl groups excluding tert-OH is 3.